The highest BCUT2D eigenvalue weighted by Crippen LogP contribution is 2.23. The van der Waals surface area contributed by atoms with Gasteiger partial charge in [0.2, 0.25) is 0 Å². The smallest absolute Gasteiger partial charge is 0.145 e. The largest absolute Gasteiger partial charge is 0.391 e. The number of aromatic nitrogens is 2. The number of aryl methyl sites for hydroxylation is 1. The third-order valence-electron chi connectivity index (χ3n) is 3.21. The molecule has 0 amide bonds. The maximum Gasteiger partial charge on any atom is 0.145 e. The van der Waals surface area contributed by atoms with E-state index in [1.54, 1.807) is 6.07 Å². The number of aliphatic hydroxyl groups excluding tert-OH is 1. The quantitative estimate of drug-likeness (QED) is 0.506. The van der Waals surface area contributed by atoms with Gasteiger partial charge in [0.1, 0.15) is 17.5 Å². The van der Waals surface area contributed by atoms with E-state index in [9.17, 15) is 5.11 Å². The molecule has 94 valence electrons. The average molecular weight is 237 g/mol. The standard InChI is InChI=1S/C11H19N5O/c1-7-3-4-16(6-9(7)17)11-5-10(15-12)13-8(2)14-11/h5,7,9,17H,3-4,6,12H2,1-2H3,(H,13,14,15). The number of hydrogen-bond donors (Lipinski definition) is 3. The lowest BCUT2D eigenvalue weighted by atomic mass is 9.96. The van der Waals surface area contributed by atoms with Crippen LogP contribution >= 0.6 is 0 Å². The third kappa shape index (κ3) is 2.65. The zero-order valence-corrected chi connectivity index (χ0v) is 10.2. The maximum atomic E-state index is 9.88. The molecule has 0 spiro atoms. The molecule has 17 heavy (non-hydrogen) atoms. The summed E-state index contributed by atoms with van der Waals surface area (Å²) in [5.74, 6) is 7.79. The van der Waals surface area contributed by atoms with Gasteiger partial charge in [0.25, 0.3) is 0 Å². The zero-order valence-electron chi connectivity index (χ0n) is 10.2. The summed E-state index contributed by atoms with van der Waals surface area (Å²) in [5.41, 5.74) is 2.53. The Morgan fingerprint density at radius 2 is 2.29 bits per heavy atom. The Morgan fingerprint density at radius 1 is 1.53 bits per heavy atom. The van der Waals surface area contributed by atoms with Crippen LogP contribution in [-0.4, -0.2) is 34.3 Å². The van der Waals surface area contributed by atoms with Crippen molar-refractivity contribution < 1.29 is 5.11 Å². The van der Waals surface area contributed by atoms with Crippen LogP contribution in [0.5, 0.6) is 0 Å². The molecule has 0 aliphatic carbocycles. The molecule has 6 heteroatoms. The number of piperidine rings is 1. The first-order valence-corrected chi connectivity index (χ1v) is 5.85. The molecule has 1 saturated heterocycles. The van der Waals surface area contributed by atoms with Crippen molar-refractivity contribution in [3.05, 3.63) is 11.9 Å². The maximum absolute atomic E-state index is 9.88. The summed E-state index contributed by atoms with van der Waals surface area (Å²) in [7, 11) is 0. The van der Waals surface area contributed by atoms with E-state index >= 15 is 0 Å². The summed E-state index contributed by atoms with van der Waals surface area (Å²) in [5, 5.41) is 9.88. The Balaban J connectivity index is 2.19. The van der Waals surface area contributed by atoms with Crippen LogP contribution in [0, 0.1) is 12.8 Å². The van der Waals surface area contributed by atoms with E-state index in [1.165, 1.54) is 0 Å². The number of rotatable bonds is 2. The molecule has 1 aromatic rings. The monoisotopic (exact) mass is 237 g/mol. The van der Waals surface area contributed by atoms with Gasteiger partial charge in [-0.15, -0.1) is 0 Å². The van der Waals surface area contributed by atoms with Crippen molar-refractivity contribution in [3.8, 4) is 0 Å². The minimum absolute atomic E-state index is 0.298. The first kappa shape index (κ1) is 12.1. The molecule has 0 aromatic carbocycles. The topological polar surface area (TPSA) is 87.3 Å². The van der Waals surface area contributed by atoms with E-state index in [1.807, 2.05) is 6.92 Å². The molecule has 1 aliphatic rings. The van der Waals surface area contributed by atoms with Crippen LogP contribution < -0.4 is 16.2 Å². The second kappa shape index (κ2) is 4.85. The van der Waals surface area contributed by atoms with Gasteiger partial charge in [0.15, 0.2) is 0 Å². The lowest BCUT2D eigenvalue weighted by molar-refractivity contribution is 0.102. The molecular formula is C11H19N5O. The van der Waals surface area contributed by atoms with Gasteiger partial charge in [0, 0.05) is 19.2 Å². The van der Waals surface area contributed by atoms with Crippen molar-refractivity contribution in [2.75, 3.05) is 23.4 Å². The molecule has 6 nitrogen and oxygen atoms in total. The van der Waals surface area contributed by atoms with Crippen molar-refractivity contribution in [2.24, 2.45) is 11.8 Å². The predicted molar refractivity (Wildman–Crippen MR) is 66.6 cm³/mol. The van der Waals surface area contributed by atoms with Gasteiger partial charge in [-0.1, -0.05) is 6.92 Å². The van der Waals surface area contributed by atoms with Crippen LogP contribution in [0.3, 0.4) is 0 Å². The highest BCUT2D eigenvalue weighted by atomic mass is 16.3. The van der Waals surface area contributed by atoms with E-state index in [4.69, 9.17) is 5.84 Å². The number of β-amino-alcohol motifs (C(OH)–C–C–N with tert-alkyl or cyclic N) is 1. The number of hydrogen-bond acceptors (Lipinski definition) is 6. The van der Waals surface area contributed by atoms with Gasteiger partial charge in [-0.3, -0.25) is 0 Å². The lowest BCUT2D eigenvalue weighted by Gasteiger charge is -2.35. The van der Waals surface area contributed by atoms with Gasteiger partial charge >= 0.3 is 0 Å². The summed E-state index contributed by atoms with van der Waals surface area (Å²) < 4.78 is 0. The third-order valence-corrected chi connectivity index (χ3v) is 3.21. The highest BCUT2D eigenvalue weighted by molar-refractivity contribution is 5.49. The predicted octanol–water partition coefficient (Wildman–Crippen LogP) is 0.278. The molecule has 0 radical (unpaired) electrons. The Kier molecular flexibility index (Phi) is 3.44. The summed E-state index contributed by atoms with van der Waals surface area (Å²) in [6, 6.07) is 1.80. The van der Waals surface area contributed by atoms with E-state index in [-0.39, 0.29) is 6.10 Å². The molecule has 1 aliphatic heterocycles. The van der Waals surface area contributed by atoms with Gasteiger partial charge in [-0.05, 0) is 19.3 Å². The average Bonchev–Trinajstić information content (AvgIpc) is 2.32. The minimum Gasteiger partial charge on any atom is -0.391 e. The second-order valence-electron chi connectivity index (χ2n) is 4.58. The molecule has 0 bridgehead atoms. The van der Waals surface area contributed by atoms with E-state index in [2.05, 4.69) is 27.2 Å². The number of anilines is 2. The number of aliphatic hydroxyl groups is 1. The SMILES string of the molecule is Cc1nc(NN)cc(N2CCC(C)C(O)C2)n1. The normalized spacial score (nSPS) is 24.8. The number of nitrogens with two attached hydrogens (primary N) is 1. The minimum atomic E-state index is -0.298. The van der Waals surface area contributed by atoms with Crippen molar-refractivity contribution in [3.63, 3.8) is 0 Å². The van der Waals surface area contributed by atoms with Crippen molar-refractivity contribution >= 4 is 11.6 Å². The van der Waals surface area contributed by atoms with Crippen molar-refractivity contribution in [1.29, 1.82) is 0 Å². The van der Waals surface area contributed by atoms with E-state index in [0.29, 0.717) is 24.1 Å². The van der Waals surface area contributed by atoms with Gasteiger partial charge in [0.05, 0.1) is 6.10 Å². The summed E-state index contributed by atoms with van der Waals surface area (Å²) in [4.78, 5) is 10.6. The summed E-state index contributed by atoms with van der Waals surface area (Å²) >= 11 is 0. The van der Waals surface area contributed by atoms with Crippen LogP contribution in [0.15, 0.2) is 6.07 Å². The van der Waals surface area contributed by atoms with Crippen LogP contribution in [0.4, 0.5) is 11.6 Å². The number of nitrogens with zero attached hydrogens (tertiary/aromatic N) is 3. The van der Waals surface area contributed by atoms with Crippen LogP contribution in [0.1, 0.15) is 19.2 Å². The molecular weight excluding hydrogens is 218 g/mol. The fourth-order valence-electron chi connectivity index (χ4n) is 2.04. The first-order valence-electron chi connectivity index (χ1n) is 5.85. The number of nitrogen functional groups attached to an aromatic ring is 1. The molecule has 1 aromatic heterocycles. The van der Waals surface area contributed by atoms with Crippen molar-refractivity contribution in [2.45, 2.75) is 26.4 Å². The summed E-state index contributed by atoms with van der Waals surface area (Å²) in [6.45, 7) is 5.41. The molecule has 1 fully saturated rings. The number of nitrogens with one attached hydrogen (secondary N) is 1. The molecule has 0 saturated carbocycles. The number of hydrazine groups is 1. The van der Waals surface area contributed by atoms with Crippen molar-refractivity contribution in [1.82, 2.24) is 9.97 Å². The molecule has 2 atom stereocenters. The van der Waals surface area contributed by atoms with E-state index in [0.717, 1.165) is 18.8 Å². The molecule has 2 unspecified atom stereocenters. The van der Waals surface area contributed by atoms with Crippen LogP contribution in [-0.2, 0) is 0 Å². The molecule has 4 N–H and O–H groups in total. The summed E-state index contributed by atoms with van der Waals surface area (Å²) in [6.07, 6.45) is 0.670. The lowest BCUT2D eigenvalue weighted by Crippen LogP contribution is -2.43. The Labute approximate surface area is 101 Å². The van der Waals surface area contributed by atoms with E-state index < -0.39 is 0 Å². The molecule has 2 rings (SSSR count). The van der Waals surface area contributed by atoms with Crippen LogP contribution in [0.2, 0.25) is 0 Å². The highest BCUT2D eigenvalue weighted by Gasteiger charge is 2.25. The van der Waals surface area contributed by atoms with Gasteiger partial charge in [-0.2, -0.15) is 0 Å². The Morgan fingerprint density at radius 3 is 2.94 bits per heavy atom. The Hall–Kier alpha value is -1.40. The first-order chi connectivity index (χ1) is 8.10. The van der Waals surface area contributed by atoms with Crippen LogP contribution in [0.25, 0.3) is 0 Å². The Bertz CT molecular complexity index is 397. The fraction of sp³-hybridized carbons (Fsp3) is 0.636. The molecule has 2 heterocycles. The fourth-order valence-corrected chi connectivity index (χ4v) is 2.04. The van der Waals surface area contributed by atoms with Gasteiger partial charge < -0.3 is 15.4 Å². The zero-order chi connectivity index (χ0) is 12.4. The van der Waals surface area contributed by atoms with Gasteiger partial charge in [-0.25, -0.2) is 15.8 Å². The second-order valence-corrected chi connectivity index (χ2v) is 4.58.